The lowest BCUT2D eigenvalue weighted by molar-refractivity contribution is -0.146. The third kappa shape index (κ3) is 5.97. The highest BCUT2D eigenvalue weighted by molar-refractivity contribution is 6.72. The summed E-state index contributed by atoms with van der Waals surface area (Å²) in [6.45, 7) is 6.93. The van der Waals surface area contributed by atoms with E-state index in [0.717, 1.165) is 54.7 Å². The van der Waals surface area contributed by atoms with Crippen molar-refractivity contribution in [2.75, 3.05) is 23.0 Å². The third-order valence-electron chi connectivity index (χ3n) is 9.88. The number of amides is 2. The second kappa shape index (κ2) is 12.8. The topological polar surface area (TPSA) is 101 Å². The molecule has 0 radical (unpaired) electrons. The van der Waals surface area contributed by atoms with E-state index in [1.807, 2.05) is 60.4 Å². The zero-order valence-corrected chi connectivity index (χ0v) is 27.5. The molecule has 3 aliphatic rings. The SMILES string of the molecule is C[C@@H]1[C@@H]([Si](C)(C)F)[C@H](CCn2cc(CCO)nn2)O[C@@]12C(=O)N(Cc1ccc(N3CCCCCCC3=O)cc1)c1ccccc12. The van der Waals surface area contributed by atoms with E-state index in [-0.39, 0.29) is 24.3 Å². The van der Waals surface area contributed by atoms with Gasteiger partial charge in [-0.15, -0.1) is 5.10 Å². The Morgan fingerprint density at radius 1 is 1.07 bits per heavy atom. The van der Waals surface area contributed by atoms with Gasteiger partial charge in [-0.05, 0) is 56.1 Å². The Bertz CT molecular complexity index is 1530. The van der Waals surface area contributed by atoms with Gasteiger partial charge in [-0.25, -0.2) is 0 Å². The fraction of sp³-hybridized carbons (Fsp3) is 0.529. The summed E-state index contributed by atoms with van der Waals surface area (Å²) in [5, 5.41) is 17.5. The van der Waals surface area contributed by atoms with Crippen molar-refractivity contribution in [2.24, 2.45) is 5.92 Å². The second-order valence-corrected chi connectivity index (χ2v) is 17.1. The van der Waals surface area contributed by atoms with Crippen molar-refractivity contribution in [1.82, 2.24) is 15.0 Å². The molecule has 11 heteroatoms. The Labute approximate surface area is 265 Å². The van der Waals surface area contributed by atoms with Gasteiger partial charge < -0.3 is 23.8 Å². The van der Waals surface area contributed by atoms with Gasteiger partial charge >= 0.3 is 0 Å². The summed E-state index contributed by atoms with van der Waals surface area (Å²) in [5.74, 6) is -0.358. The highest BCUT2D eigenvalue weighted by Gasteiger charge is 2.66. The first-order valence-corrected chi connectivity index (χ1v) is 19.3. The summed E-state index contributed by atoms with van der Waals surface area (Å²) in [6.07, 6.45) is 6.99. The summed E-state index contributed by atoms with van der Waals surface area (Å²) < 4.78 is 24.7. The minimum Gasteiger partial charge on any atom is -0.396 e. The van der Waals surface area contributed by atoms with Crippen LogP contribution in [0.4, 0.5) is 15.5 Å². The minimum absolute atomic E-state index is 0.00549. The zero-order valence-electron chi connectivity index (χ0n) is 26.5. The lowest BCUT2D eigenvalue weighted by atomic mass is 9.82. The normalized spacial score (nSPS) is 25.6. The van der Waals surface area contributed by atoms with E-state index in [1.54, 1.807) is 28.9 Å². The average molecular weight is 634 g/mol. The first kappa shape index (κ1) is 31.6. The van der Waals surface area contributed by atoms with Gasteiger partial charge in [-0.1, -0.05) is 55.3 Å². The van der Waals surface area contributed by atoms with Crippen molar-refractivity contribution in [2.45, 2.75) is 95.3 Å². The van der Waals surface area contributed by atoms with Crippen LogP contribution in [0.15, 0.2) is 54.7 Å². The van der Waals surface area contributed by atoms with Crippen LogP contribution in [-0.2, 0) is 39.4 Å². The molecule has 4 atom stereocenters. The highest BCUT2D eigenvalue weighted by atomic mass is 28.4. The van der Waals surface area contributed by atoms with Gasteiger partial charge in [0.15, 0.2) is 5.60 Å². The largest absolute Gasteiger partial charge is 0.396 e. The van der Waals surface area contributed by atoms with Crippen molar-refractivity contribution in [3.63, 3.8) is 0 Å². The molecule has 240 valence electrons. The lowest BCUT2D eigenvalue weighted by Crippen LogP contribution is -2.45. The average Bonchev–Trinajstić information content (AvgIpc) is 3.65. The molecule has 0 bridgehead atoms. The third-order valence-corrected chi connectivity index (χ3v) is 12.3. The smallest absolute Gasteiger partial charge is 0.264 e. The van der Waals surface area contributed by atoms with Crippen LogP contribution in [0.5, 0.6) is 0 Å². The Morgan fingerprint density at radius 2 is 1.82 bits per heavy atom. The number of hydrogen-bond acceptors (Lipinski definition) is 6. The molecule has 45 heavy (non-hydrogen) atoms. The molecule has 3 aliphatic heterocycles. The fourth-order valence-corrected chi connectivity index (χ4v) is 10.3. The van der Waals surface area contributed by atoms with Crippen LogP contribution in [0.25, 0.3) is 0 Å². The number of anilines is 2. The predicted octanol–water partition coefficient (Wildman–Crippen LogP) is 5.52. The second-order valence-electron chi connectivity index (χ2n) is 13.3. The summed E-state index contributed by atoms with van der Waals surface area (Å²) >= 11 is 0. The van der Waals surface area contributed by atoms with Crippen LogP contribution >= 0.6 is 0 Å². The summed E-state index contributed by atoms with van der Waals surface area (Å²) in [4.78, 5) is 31.0. The standard InChI is InChI=1S/C34H44FN5O4Si/c1-24-32(45(2,3)35)30(17-20-38-23-26(18-21-41)36-37-38)44-34(24)28-10-7-8-11-29(28)40(33(34)43)22-25-13-15-27(16-14-25)39-19-9-5-4-6-12-31(39)42/h7-8,10-11,13-16,23-24,30,32,41H,4-6,9,12,17-22H2,1-3H3/t24-,30+,32-,34+/m1/s1. The number of rotatable bonds is 9. The van der Waals surface area contributed by atoms with Crippen molar-refractivity contribution in [1.29, 1.82) is 0 Å². The van der Waals surface area contributed by atoms with E-state index >= 15 is 4.11 Å². The molecule has 0 unspecified atom stereocenters. The monoisotopic (exact) mass is 633 g/mol. The minimum atomic E-state index is -3.28. The molecule has 9 nitrogen and oxygen atoms in total. The number of hydrogen-bond donors (Lipinski definition) is 1. The molecular weight excluding hydrogens is 589 g/mol. The molecule has 2 amide bonds. The zero-order chi connectivity index (χ0) is 31.8. The highest BCUT2D eigenvalue weighted by Crippen LogP contribution is 2.60. The van der Waals surface area contributed by atoms with Crippen molar-refractivity contribution in [3.8, 4) is 0 Å². The summed E-state index contributed by atoms with van der Waals surface area (Å²) in [7, 11) is -3.28. The number of aliphatic hydroxyl groups excluding tert-OH is 1. The maximum atomic E-state index is 16.1. The van der Waals surface area contributed by atoms with Crippen molar-refractivity contribution < 1.29 is 23.5 Å². The molecule has 0 aliphatic carbocycles. The number of para-hydroxylation sites is 1. The van der Waals surface area contributed by atoms with Crippen LogP contribution in [0.2, 0.25) is 18.6 Å². The van der Waals surface area contributed by atoms with Crippen LogP contribution in [-0.4, -0.2) is 59.6 Å². The van der Waals surface area contributed by atoms with Crippen LogP contribution in [0.3, 0.4) is 0 Å². The molecule has 2 fully saturated rings. The Kier molecular flexibility index (Phi) is 8.95. The predicted molar refractivity (Wildman–Crippen MR) is 173 cm³/mol. The molecule has 2 saturated heterocycles. The number of carbonyl (C=O) groups is 2. The van der Waals surface area contributed by atoms with Gasteiger partial charge in [0.1, 0.15) is 0 Å². The Balaban J connectivity index is 1.25. The number of halogens is 1. The molecule has 4 heterocycles. The molecular formula is C34H44FN5O4Si. The van der Waals surface area contributed by atoms with Crippen LogP contribution < -0.4 is 9.80 Å². The maximum absolute atomic E-state index is 16.1. The number of fused-ring (bicyclic) bond motifs is 2. The number of carbonyl (C=O) groups excluding carboxylic acids is 2. The van der Waals surface area contributed by atoms with Gasteiger partial charge in [-0.3, -0.25) is 14.3 Å². The van der Waals surface area contributed by atoms with E-state index in [9.17, 15) is 14.7 Å². The summed E-state index contributed by atoms with van der Waals surface area (Å²) in [5.41, 5.74) is 2.45. The van der Waals surface area contributed by atoms with Gasteiger partial charge in [0, 0.05) is 61.4 Å². The number of nitrogens with zero attached hydrogens (tertiary/aromatic N) is 5. The summed E-state index contributed by atoms with van der Waals surface area (Å²) in [6, 6.07) is 15.7. The van der Waals surface area contributed by atoms with E-state index in [2.05, 4.69) is 10.3 Å². The Morgan fingerprint density at radius 3 is 2.58 bits per heavy atom. The first-order valence-electron chi connectivity index (χ1n) is 16.3. The molecule has 1 N–H and O–H groups in total. The number of aliphatic hydroxyl groups is 1. The molecule has 3 aromatic rings. The number of benzene rings is 2. The van der Waals surface area contributed by atoms with Gasteiger partial charge in [0.2, 0.25) is 14.3 Å². The number of ether oxygens (including phenoxy) is 1. The number of aryl methyl sites for hydroxylation is 1. The first-order chi connectivity index (χ1) is 21.6. The number of aromatic nitrogens is 3. The van der Waals surface area contributed by atoms with Gasteiger partial charge in [0.05, 0.1) is 24.0 Å². The van der Waals surface area contributed by atoms with E-state index < -0.39 is 25.7 Å². The van der Waals surface area contributed by atoms with E-state index in [4.69, 9.17) is 4.74 Å². The van der Waals surface area contributed by atoms with Gasteiger partial charge in [-0.2, -0.15) is 0 Å². The molecule has 0 saturated carbocycles. The quantitative estimate of drug-likeness (QED) is 0.246. The Hall–Kier alpha value is -3.41. The molecule has 2 aromatic carbocycles. The van der Waals surface area contributed by atoms with E-state index in [1.165, 1.54) is 0 Å². The van der Waals surface area contributed by atoms with Crippen molar-refractivity contribution in [3.05, 3.63) is 71.5 Å². The molecule has 1 aromatic heterocycles. The fourth-order valence-electron chi connectivity index (χ4n) is 7.76. The lowest BCUT2D eigenvalue weighted by Gasteiger charge is -2.31. The maximum Gasteiger partial charge on any atom is 0.264 e. The van der Waals surface area contributed by atoms with Crippen LogP contribution in [0.1, 0.15) is 62.3 Å². The van der Waals surface area contributed by atoms with Gasteiger partial charge in [0.25, 0.3) is 5.91 Å². The van der Waals surface area contributed by atoms with Crippen molar-refractivity contribution >= 4 is 31.6 Å². The molecule has 6 rings (SSSR count). The molecule has 1 spiro atoms. The van der Waals surface area contributed by atoms with Crippen LogP contribution in [0, 0.1) is 5.92 Å². The van der Waals surface area contributed by atoms with E-state index in [0.29, 0.717) is 38.0 Å².